The molecule has 92 valence electrons. The largest absolute Gasteiger partial charge is 0.508 e. The normalized spacial score (nSPS) is 14.6. The summed E-state index contributed by atoms with van der Waals surface area (Å²) in [7, 11) is 0. The number of rotatable bonds is 6. The maximum Gasteiger partial charge on any atom is 0.223 e. The zero-order valence-corrected chi connectivity index (χ0v) is 9.78. The molecule has 0 heterocycles. The number of nitrogens with one attached hydrogen (secondary N) is 2. The van der Waals surface area contributed by atoms with Crippen molar-refractivity contribution in [2.24, 2.45) is 5.92 Å². The number of hydrogen-bond acceptors (Lipinski definition) is 3. The highest BCUT2D eigenvalue weighted by Gasteiger charge is 2.28. The fourth-order valence-electron chi connectivity index (χ4n) is 1.65. The van der Waals surface area contributed by atoms with E-state index >= 15 is 0 Å². The number of aromatic hydroxyl groups is 1. The highest BCUT2D eigenvalue weighted by Crippen LogP contribution is 2.28. The van der Waals surface area contributed by atoms with Crippen LogP contribution >= 0.6 is 0 Å². The van der Waals surface area contributed by atoms with Crippen LogP contribution in [-0.4, -0.2) is 24.1 Å². The SMILES string of the molecule is O=C(NCCNCc1ccccc1O)C1CC1. The Balaban J connectivity index is 1.59. The second-order valence-corrected chi connectivity index (χ2v) is 4.37. The van der Waals surface area contributed by atoms with Crippen LogP contribution < -0.4 is 10.6 Å². The molecule has 1 aliphatic rings. The lowest BCUT2D eigenvalue weighted by Crippen LogP contribution is -2.32. The van der Waals surface area contributed by atoms with Crippen molar-refractivity contribution < 1.29 is 9.90 Å². The predicted octanol–water partition coefficient (Wildman–Crippen LogP) is 1.01. The Hall–Kier alpha value is -1.55. The third kappa shape index (κ3) is 3.75. The first-order chi connectivity index (χ1) is 8.27. The highest BCUT2D eigenvalue weighted by atomic mass is 16.3. The number of carbonyl (C=O) groups is 1. The maximum atomic E-state index is 11.3. The predicted molar refractivity (Wildman–Crippen MR) is 65.5 cm³/mol. The van der Waals surface area contributed by atoms with Gasteiger partial charge in [-0.05, 0) is 18.9 Å². The lowest BCUT2D eigenvalue weighted by Gasteiger charge is -2.07. The average molecular weight is 234 g/mol. The van der Waals surface area contributed by atoms with Gasteiger partial charge in [0.25, 0.3) is 0 Å². The Bertz CT molecular complexity index is 389. The Morgan fingerprint density at radius 2 is 2.06 bits per heavy atom. The third-order valence-electron chi connectivity index (χ3n) is 2.86. The number of carbonyl (C=O) groups excluding carboxylic acids is 1. The van der Waals surface area contributed by atoms with Crippen LogP contribution in [0.4, 0.5) is 0 Å². The van der Waals surface area contributed by atoms with Crippen molar-refractivity contribution in [3.8, 4) is 5.75 Å². The van der Waals surface area contributed by atoms with Gasteiger partial charge < -0.3 is 15.7 Å². The van der Waals surface area contributed by atoms with Crippen LogP contribution in [0, 0.1) is 5.92 Å². The number of benzene rings is 1. The van der Waals surface area contributed by atoms with Crippen LogP contribution in [-0.2, 0) is 11.3 Å². The summed E-state index contributed by atoms with van der Waals surface area (Å²) in [5, 5.41) is 15.6. The molecule has 1 aromatic rings. The van der Waals surface area contributed by atoms with E-state index in [1.807, 2.05) is 12.1 Å². The fourth-order valence-corrected chi connectivity index (χ4v) is 1.65. The van der Waals surface area contributed by atoms with E-state index in [2.05, 4.69) is 10.6 Å². The summed E-state index contributed by atoms with van der Waals surface area (Å²) in [6.07, 6.45) is 2.08. The molecule has 0 radical (unpaired) electrons. The number of phenols is 1. The van der Waals surface area contributed by atoms with Crippen molar-refractivity contribution in [2.75, 3.05) is 13.1 Å². The second-order valence-electron chi connectivity index (χ2n) is 4.37. The lowest BCUT2D eigenvalue weighted by molar-refractivity contribution is -0.122. The van der Waals surface area contributed by atoms with Crippen molar-refractivity contribution in [2.45, 2.75) is 19.4 Å². The minimum atomic E-state index is 0.175. The van der Waals surface area contributed by atoms with Gasteiger partial charge in [-0.3, -0.25) is 4.79 Å². The van der Waals surface area contributed by atoms with Gasteiger partial charge in [0.15, 0.2) is 0 Å². The van der Waals surface area contributed by atoms with Crippen molar-refractivity contribution in [1.82, 2.24) is 10.6 Å². The first kappa shape index (κ1) is 11.9. The summed E-state index contributed by atoms with van der Waals surface area (Å²) in [6.45, 7) is 1.97. The molecule has 2 rings (SSSR count). The van der Waals surface area contributed by atoms with E-state index < -0.39 is 0 Å². The molecule has 0 atom stereocenters. The first-order valence-electron chi connectivity index (χ1n) is 6.02. The van der Waals surface area contributed by atoms with Gasteiger partial charge in [-0.1, -0.05) is 18.2 Å². The summed E-state index contributed by atoms with van der Waals surface area (Å²) in [5.74, 6) is 0.754. The summed E-state index contributed by atoms with van der Waals surface area (Å²) in [4.78, 5) is 11.3. The molecule has 0 aromatic heterocycles. The van der Waals surface area contributed by atoms with Gasteiger partial charge in [-0.2, -0.15) is 0 Å². The third-order valence-corrected chi connectivity index (χ3v) is 2.86. The van der Waals surface area contributed by atoms with E-state index in [1.165, 1.54) is 0 Å². The first-order valence-corrected chi connectivity index (χ1v) is 6.02. The molecule has 1 saturated carbocycles. The maximum absolute atomic E-state index is 11.3. The molecule has 1 aliphatic carbocycles. The summed E-state index contributed by atoms with van der Waals surface area (Å²) < 4.78 is 0. The van der Waals surface area contributed by atoms with Crippen LogP contribution in [0.2, 0.25) is 0 Å². The van der Waals surface area contributed by atoms with E-state index in [-0.39, 0.29) is 11.8 Å². The van der Waals surface area contributed by atoms with Crippen LogP contribution in [0.1, 0.15) is 18.4 Å². The van der Waals surface area contributed by atoms with E-state index in [0.717, 1.165) is 18.4 Å². The molecule has 4 heteroatoms. The van der Waals surface area contributed by atoms with Gasteiger partial charge >= 0.3 is 0 Å². The fraction of sp³-hybridized carbons (Fsp3) is 0.462. The van der Waals surface area contributed by atoms with Crippen LogP contribution in [0.25, 0.3) is 0 Å². The quantitative estimate of drug-likeness (QED) is 0.644. The Kier molecular flexibility index (Phi) is 3.98. The lowest BCUT2D eigenvalue weighted by atomic mass is 10.2. The molecule has 0 unspecified atom stereocenters. The van der Waals surface area contributed by atoms with Crippen molar-refractivity contribution in [3.05, 3.63) is 29.8 Å². The molecular formula is C13H18N2O2. The molecule has 3 N–H and O–H groups in total. The summed E-state index contributed by atoms with van der Waals surface area (Å²) in [6, 6.07) is 7.25. The van der Waals surface area contributed by atoms with Crippen molar-refractivity contribution in [1.29, 1.82) is 0 Å². The van der Waals surface area contributed by atoms with Crippen LogP contribution in [0.15, 0.2) is 24.3 Å². The standard InChI is InChI=1S/C13H18N2O2/c16-12-4-2-1-3-11(12)9-14-7-8-15-13(17)10-5-6-10/h1-4,10,14,16H,5-9H2,(H,15,17). The van der Waals surface area contributed by atoms with E-state index in [9.17, 15) is 9.90 Å². The van der Waals surface area contributed by atoms with E-state index in [1.54, 1.807) is 12.1 Å². The summed E-state index contributed by atoms with van der Waals surface area (Å²) >= 11 is 0. The van der Waals surface area contributed by atoms with Gasteiger partial charge in [0.2, 0.25) is 5.91 Å². The smallest absolute Gasteiger partial charge is 0.223 e. The molecule has 17 heavy (non-hydrogen) atoms. The number of phenolic OH excluding ortho intramolecular Hbond substituents is 1. The molecule has 0 saturated heterocycles. The molecule has 0 spiro atoms. The highest BCUT2D eigenvalue weighted by molar-refractivity contribution is 5.80. The zero-order chi connectivity index (χ0) is 12.1. The monoisotopic (exact) mass is 234 g/mol. The van der Waals surface area contributed by atoms with E-state index in [4.69, 9.17) is 0 Å². The topological polar surface area (TPSA) is 61.4 Å². The van der Waals surface area contributed by atoms with Crippen molar-refractivity contribution >= 4 is 5.91 Å². The van der Waals surface area contributed by atoms with Gasteiger partial charge in [-0.15, -0.1) is 0 Å². The number of amides is 1. The Morgan fingerprint density at radius 1 is 1.29 bits per heavy atom. The molecule has 0 aliphatic heterocycles. The molecule has 1 fully saturated rings. The van der Waals surface area contributed by atoms with E-state index in [0.29, 0.717) is 25.4 Å². The van der Waals surface area contributed by atoms with Crippen LogP contribution in [0.5, 0.6) is 5.75 Å². The van der Waals surface area contributed by atoms with Gasteiger partial charge in [0, 0.05) is 31.1 Å². The molecular weight excluding hydrogens is 216 g/mol. The zero-order valence-electron chi connectivity index (χ0n) is 9.78. The van der Waals surface area contributed by atoms with Crippen LogP contribution in [0.3, 0.4) is 0 Å². The Labute approximate surface area is 101 Å². The average Bonchev–Trinajstić information content (AvgIpc) is 3.14. The van der Waals surface area contributed by atoms with Gasteiger partial charge in [0.05, 0.1) is 0 Å². The Morgan fingerprint density at radius 3 is 2.76 bits per heavy atom. The number of para-hydroxylation sites is 1. The molecule has 0 bridgehead atoms. The molecule has 4 nitrogen and oxygen atoms in total. The minimum absolute atomic E-state index is 0.175. The van der Waals surface area contributed by atoms with Gasteiger partial charge in [0.1, 0.15) is 5.75 Å². The molecule has 1 aromatic carbocycles. The van der Waals surface area contributed by atoms with Gasteiger partial charge in [-0.25, -0.2) is 0 Å². The second kappa shape index (κ2) is 5.68. The molecule has 1 amide bonds. The number of hydrogen-bond donors (Lipinski definition) is 3. The summed E-state index contributed by atoms with van der Waals surface area (Å²) in [5.41, 5.74) is 0.876. The minimum Gasteiger partial charge on any atom is -0.508 e. The van der Waals surface area contributed by atoms with Crippen molar-refractivity contribution in [3.63, 3.8) is 0 Å².